The molecule has 0 aliphatic heterocycles. The van der Waals surface area contributed by atoms with Gasteiger partial charge in [0, 0.05) is 5.54 Å². The number of aryl methyl sites for hydroxylation is 2. The Morgan fingerprint density at radius 1 is 1.27 bits per heavy atom. The summed E-state index contributed by atoms with van der Waals surface area (Å²) in [6.45, 7) is 4.15. The van der Waals surface area contributed by atoms with Crippen molar-refractivity contribution in [1.29, 1.82) is 0 Å². The molecule has 0 nitrogen and oxygen atoms in total. The zero-order valence-corrected chi connectivity index (χ0v) is 7.52. The second-order valence-electron chi connectivity index (χ2n) is 2.65. The molecule has 0 spiro atoms. The van der Waals surface area contributed by atoms with Crippen LogP contribution < -0.4 is 0 Å². The first-order chi connectivity index (χ1) is 5.24. The highest BCUT2D eigenvalue weighted by Crippen LogP contribution is 2.12. The fourth-order valence-electron chi connectivity index (χ4n) is 1.01. The number of hydrogen-bond acceptors (Lipinski definition) is 0. The molecule has 0 unspecified atom stereocenters. The topological polar surface area (TPSA) is 0 Å². The van der Waals surface area contributed by atoms with E-state index >= 15 is 0 Å². The molecule has 0 saturated carbocycles. The smallest absolute Gasteiger partial charge is 0.00485 e. The zero-order valence-electron chi connectivity index (χ0n) is 6.76. The summed E-state index contributed by atoms with van der Waals surface area (Å²) in [6, 6.07) is 6.32. The lowest BCUT2D eigenvalue weighted by atomic mass is 10.1. The molecule has 1 aromatic carbocycles. The Morgan fingerprint density at radius 2 is 2.00 bits per heavy atom. The van der Waals surface area contributed by atoms with Crippen molar-refractivity contribution in [2.24, 2.45) is 0 Å². The van der Waals surface area contributed by atoms with Crippen LogP contribution in [-0.2, 0) is 0 Å². The molecule has 1 heteroatoms. The summed E-state index contributed by atoms with van der Waals surface area (Å²) in [4.78, 5) is 0. The highest BCUT2D eigenvalue weighted by molar-refractivity contribution is 6.27. The van der Waals surface area contributed by atoms with E-state index in [4.69, 9.17) is 11.6 Å². The Balaban J connectivity index is 3.12. The second kappa shape index (κ2) is 3.59. The van der Waals surface area contributed by atoms with Gasteiger partial charge in [-0.1, -0.05) is 35.4 Å². The molecule has 0 atom stereocenters. The molecule has 0 amide bonds. The minimum atomic E-state index is 1.19. The highest BCUT2D eigenvalue weighted by Gasteiger charge is 1.92. The molecular weight excluding hydrogens is 156 g/mol. The van der Waals surface area contributed by atoms with E-state index in [1.54, 1.807) is 5.54 Å². The summed E-state index contributed by atoms with van der Waals surface area (Å²) in [5.74, 6) is 0. The van der Waals surface area contributed by atoms with Gasteiger partial charge in [-0.25, -0.2) is 0 Å². The predicted molar refractivity (Wildman–Crippen MR) is 50.8 cm³/mol. The van der Waals surface area contributed by atoms with E-state index in [2.05, 4.69) is 32.0 Å². The maximum Gasteiger partial charge on any atom is 0.00485 e. The first kappa shape index (κ1) is 8.35. The van der Waals surface area contributed by atoms with Crippen LogP contribution in [0.15, 0.2) is 23.7 Å². The molecule has 58 valence electrons. The summed E-state index contributed by atoms with van der Waals surface area (Å²) in [5, 5.41) is 0. The van der Waals surface area contributed by atoms with Gasteiger partial charge in [-0.3, -0.25) is 0 Å². The molecule has 0 saturated heterocycles. The standard InChI is InChI=1S/C10H11Cl/c1-8-3-4-9(2)10(7-8)5-6-11/h3-7H,1-2H3. The predicted octanol–water partition coefficient (Wildman–Crippen LogP) is 3.51. The Labute approximate surface area is 72.5 Å². The van der Waals surface area contributed by atoms with Crippen LogP contribution in [0.2, 0.25) is 0 Å². The first-order valence-corrected chi connectivity index (χ1v) is 4.01. The van der Waals surface area contributed by atoms with Crippen LogP contribution in [-0.4, -0.2) is 0 Å². The highest BCUT2D eigenvalue weighted by atomic mass is 35.5. The quantitative estimate of drug-likeness (QED) is 0.599. The normalized spacial score (nSPS) is 10.8. The van der Waals surface area contributed by atoms with E-state index in [9.17, 15) is 0 Å². The van der Waals surface area contributed by atoms with Crippen LogP contribution in [0.25, 0.3) is 6.08 Å². The summed E-state index contributed by atoms with van der Waals surface area (Å²) >= 11 is 5.48. The van der Waals surface area contributed by atoms with Gasteiger partial charge in [0.1, 0.15) is 0 Å². The van der Waals surface area contributed by atoms with E-state index in [0.29, 0.717) is 0 Å². The molecule has 0 fully saturated rings. The molecular formula is C10H11Cl. The van der Waals surface area contributed by atoms with E-state index in [-0.39, 0.29) is 0 Å². The molecule has 0 aliphatic rings. The molecule has 0 N–H and O–H groups in total. The molecule has 11 heavy (non-hydrogen) atoms. The SMILES string of the molecule is Cc1ccc(C)c(C=CCl)c1. The van der Waals surface area contributed by atoms with Gasteiger partial charge < -0.3 is 0 Å². The summed E-state index contributed by atoms with van der Waals surface area (Å²) in [7, 11) is 0. The third-order valence-corrected chi connectivity index (χ3v) is 1.80. The molecule has 0 bridgehead atoms. The number of rotatable bonds is 1. The minimum Gasteiger partial charge on any atom is -0.0929 e. The monoisotopic (exact) mass is 166 g/mol. The van der Waals surface area contributed by atoms with Crippen molar-refractivity contribution in [2.45, 2.75) is 13.8 Å². The van der Waals surface area contributed by atoms with E-state index in [1.165, 1.54) is 16.7 Å². The Bertz CT molecular complexity index is 274. The van der Waals surface area contributed by atoms with Gasteiger partial charge in [0.15, 0.2) is 0 Å². The second-order valence-corrected chi connectivity index (χ2v) is 2.90. The van der Waals surface area contributed by atoms with Crippen LogP contribution in [0, 0.1) is 13.8 Å². The van der Waals surface area contributed by atoms with Crippen molar-refractivity contribution in [3.8, 4) is 0 Å². The van der Waals surface area contributed by atoms with Crippen LogP contribution in [0.1, 0.15) is 16.7 Å². The Kier molecular flexibility index (Phi) is 2.72. The van der Waals surface area contributed by atoms with Crippen molar-refractivity contribution in [3.63, 3.8) is 0 Å². The van der Waals surface area contributed by atoms with Gasteiger partial charge in [-0.2, -0.15) is 0 Å². The lowest BCUT2D eigenvalue weighted by Crippen LogP contribution is -1.80. The van der Waals surface area contributed by atoms with Crippen molar-refractivity contribution >= 4 is 17.7 Å². The van der Waals surface area contributed by atoms with Crippen molar-refractivity contribution < 1.29 is 0 Å². The van der Waals surface area contributed by atoms with Crippen LogP contribution in [0.3, 0.4) is 0 Å². The largest absolute Gasteiger partial charge is 0.0929 e. The lowest BCUT2D eigenvalue weighted by Gasteiger charge is -2.00. The van der Waals surface area contributed by atoms with Gasteiger partial charge in [0.05, 0.1) is 0 Å². The first-order valence-electron chi connectivity index (χ1n) is 3.58. The summed E-state index contributed by atoms with van der Waals surface area (Å²) in [5.41, 5.74) is 5.26. The zero-order chi connectivity index (χ0) is 8.27. The van der Waals surface area contributed by atoms with Crippen molar-refractivity contribution in [2.75, 3.05) is 0 Å². The third kappa shape index (κ3) is 2.09. The maximum atomic E-state index is 5.48. The van der Waals surface area contributed by atoms with E-state index < -0.39 is 0 Å². The molecule has 1 aromatic rings. The Hall–Kier alpha value is -0.750. The Morgan fingerprint density at radius 3 is 2.64 bits per heavy atom. The van der Waals surface area contributed by atoms with Gasteiger partial charge in [0.2, 0.25) is 0 Å². The molecule has 0 aromatic heterocycles. The molecule has 0 radical (unpaired) electrons. The fraction of sp³-hybridized carbons (Fsp3) is 0.200. The van der Waals surface area contributed by atoms with Gasteiger partial charge in [0.25, 0.3) is 0 Å². The van der Waals surface area contributed by atoms with Gasteiger partial charge in [-0.05, 0) is 31.1 Å². The van der Waals surface area contributed by atoms with E-state index in [0.717, 1.165) is 0 Å². The number of halogens is 1. The molecule has 0 heterocycles. The van der Waals surface area contributed by atoms with Crippen molar-refractivity contribution in [3.05, 3.63) is 40.4 Å². The van der Waals surface area contributed by atoms with Crippen molar-refractivity contribution in [1.82, 2.24) is 0 Å². The van der Waals surface area contributed by atoms with Gasteiger partial charge in [-0.15, -0.1) is 0 Å². The average Bonchev–Trinajstić information content (AvgIpc) is 1.98. The van der Waals surface area contributed by atoms with E-state index in [1.807, 2.05) is 6.08 Å². The van der Waals surface area contributed by atoms with Crippen LogP contribution in [0.4, 0.5) is 0 Å². The third-order valence-electron chi connectivity index (χ3n) is 1.68. The summed E-state index contributed by atoms with van der Waals surface area (Å²) < 4.78 is 0. The van der Waals surface area contributed by atoms with Gasteiger partial charge >= 0.3 is 0 Å². The van der Waals surface area contributed by atoms with Crippen LogP contribution in [0.5, 0.6) is 0 Å². The number of benzene rings is 1. The molecule has 1 rings (SSSR count). The molecule has 0 aliphatic carbocycles. The number of hydrogen-bond donors (Lipinski definition) is 0. The minimum absolute atomic E-state index is 1.19. The average molecular weight is 167 g/mol. The lowest BCUT2D eigenvalue weighted by molar-refractivity contribution is 1.38. The maximum absolute atomic E-state index is 5.48. The summed E-state index contributed by atoms with van der Waals surface area (Å²) in [6.07, 6.45) is 1.91. The van der Waals surface area contributed by atoms with Crippen LogP contribution >= 0.6 is 11.6 Å². The fourth-order valence-corrected chi connectivity index (χ4v) is 1.14.